The summed E-state index contributed by atoms with van der Waals surface area (Å²) in [6.07, 6.45) is 3.63. The van der Waals surface area contributed by atoms with Gasteiger partial charge in [0.05, 0.1) is 12.1 Å². The van der Waals surface area contributed by atoms with Crippen LogP contribution in [0, 0.1) is 0 Å². The number of piperidine rings is 1. The van der Waals surface area contributed by atoms with Crippen LogP contribution in [0.4, 0.5) is 0 Å². The van der Waals surface area contributed by atoms with Crippen LogP contribution in [0.1, 0.15) is 31.9 Å². The zero-order valence-electron chi connectivity index (χ0n) is 13.7. The average Bonchev–Trinajstić information content (AvgIpc) is 3.21. The Kier molecular flexibility index (Phi) is 3.84. The predicted molar refractivity (Wildman–Crippen MR) is 90.4 cm³/mol. The lowest BCUT2D eigenvalue weighted by Crippen LogP contribution is -2.42. The van der Waals surface area contributed by atoms with Gasteiger partial charge in [0.2, 0.25) is 11.7 Å². The molecule has 0 aliphatic carbocycles. The van der Waals surface area contributed by atoms with E-state index in [0.29, 0.717) is 23.3 Å². The van der Waals surface area contributed by atoms with Crippen molar-refractivity contribution in [2.45, 2.75) is 38.6 Å². The van der Waals surface area contributed by atoms with Crippen molar-refractivity contribution < 1.29 is 13.7 Å². The maximum Gasteiger partial charge on any atom is 0.228 e. The van der Waals surface area contributed by atoms with Gasteiger partial charge in [-0.3, -0.25) is 4.79 Å². The summed E-state index contributed by atoms with van der Waals surface area (Å²) in [4.78, 5) is 14.4. The number of hydrogen-bond donors (Lipinski definition) is 0. The summed E-state index contributed by atoms with van der Waals surface area (Å²) in [6.45, 7) is 2.95. The second-order valence-corrected chi connectivity index (χ2v) is 6.44. The second kappa shape index (κ2) is 6.15. The highest BCUT2D eigenvalue weighted by Gasteiger charge is 2.24. The van der Waals surface area contributed by atoms with Gasteiger partial charge in [-0.15, -0.1) is 0 Å². The maximum atomic E-state index is 12.5. The highest BCUT2D eigenvalue weighted by atomic mass is 16.5. The number of rotatable bonds is 3. The number of nitrogens with zero attached hydrogens (tertiary/aromatic N) is 2. The number of amides is 1. The quantitative estimate of drug-likeness (QED) is 0.730. The van der Waals surface area contributed by atoms with Crippen LogP contribution in [0.5, 0.6) is 0 Å². The molecule has 0 spiro atoms. The zero-order valence-corrected chi connectivity index (χ0v) is 13.7. The number of aromatic nitrogens is 1. The minimum atomic E-state index is 0.117. The molecule has 5 nitrogen and oxygen atoms in total. The first-order valence-electron chi connectivity index (χ1n) is 8.45. The average molecular weight is 324 g/mol. The molecule has 0 saturated carbocycles. The molecule has 1 aliphatic heterocycles. The molecule has 4 rings (SSSR count). The molecular weight excluding hydrogens is 304 g/mol. The van der Waals surface area contributed by atoms with Gasteiger partial charge in [-0.05, 0) is 38.3 Å². The Balaban J connectivity index is 1.51. The summed E-state index contributed by atoms with van der Waals surface area (Å²) in [5.74, 6) is 1.31. The van der Waals surface area contributed by atoms with Crippen molar-refractivity contribution in [2.24, 2.45) is 0 Å². The van der Waals surface area contributed by atoms with Crippen LogP contribution < -0.4 is 0 Å². The summed E-state index contributed by atoms with van der Waals surface area (Å²) < 4.78 is 11.2. The Bertz CT molecular complexity index is 831. The van der Waals surface area contributed by atoms with E-state index in [0.717, 1.165) is 30.4 Å². The minimum absolute atomic E-state index is 0.117. The molecule has 24 heavy (non-hydrogen) atoms. The molecule has 3 aromatic rings. The summed E-state index contributed by atoms with van der Waals surface area (Å²) >= 11 is 0. The number of hydrogen-bond acceptors (Lipinski definition) is 4. The van der Waals surface area contributed by atoms with Gasteiger partial charge in [0.15, 0.2) is 5.76 Å². The van der Waals surface area contributed by atoms with E-state index in [1.165, 1.54) is 6.42 Å². The summed E-state index contributed by atoms with van der Waals surface area (Å²) in [5, 5.41) is 5.06. The van der Waals surface area contributed by atoms with Gasteiger partial charge in [-0.2, -0.15) is 0 Å². The van der Waals surface area contributed by atoms with Crippen LogP contribution in [-0.4, -0.2) is 28.6 Å². The van der Waals surface area contributed by atoms with Crippen LogP contribution in [0.2, 0.25) is 0 Å². The zero-order chi connectivity index (χ0) is 16.5. The van der Waals surface area contributed by atoms with E-state index in [2.05, 4.69) is 12.1 Å². The van der Waals surface area contributed by atoms with E-state index in [1.54, 1.807) is 6.07 Å². The van der Waals surface area contributed by atoms with Crippen LogP contribution >= 0.6 is 0 Å². The molecule has 0 radical (unpaired) electrons. The van der Waals surface area contributed by atoms with E-state index in [-0.39, 0.29) is 12.3 Å². The van der Waals surface area contributed by atoms with Gasteiger partial charge < -0.3 is 13.8 Å². The standard InChI is InChI=1S/C19H20N2O3/c1-13-6-4-5-9-21(13)19(22)12-15-11-18(24-20-15)17-10-14-7-2-3-8-16(14)23-17/h2-3,7-8,10-11,13H,4-6,9,12H2,1H3. The van der Waals surface area contributed by atoms with Gasteiger partial charge >= 0.3 is 0 Å². The molecule has 2 aromatic heterocycles. The number of fused-ring (bicyclic) bond motifs is 1. The van der Waals surface area contributed by atoms with Crippen LogP contribution in [0.25, 0.3) is 22.5 Å². The number of furan rings is 1. The number of carbonyl (C=O) groups excluding carboxylic acids is 1. The molecule has 3 heterocycles. The van der Waals surface area contributed by atoms with E-state index >= 15 is 0 Å². The van der Waals surface area contributed by atoms with Crippen molar-refractivity contribution in [3.63, 3.8) is 0 Å². The Labute approximate surface area is 140 Å². The van der Waals surface area contributed by atoms with Gasteiger partial charge in [0.1, 0.15) is 5.58 Å². The SMILES string of the molecule is CC1CCCCN1C(=O)Cc1cc(-c2cc3ccccc3o2)on1. The molecule has 0 N–H and O–H groups in total. The summed E-state index contributed by atoms with van der Waals surface area (Å²) in [5.41, 5.74) is 1.46. The van der Waals surface area contributed by atoms with E-state index in [4.69, 9.17) is 8.94 Å². The fourth-order valence-corrected chi connectivity index (χ4v) is 3.34. The molecule has 5 heteroatoms. The highest BCUT2D eigenvalue weighted by Crippen LogP contribution is 2.28. The van der Waals surface area contributed by atoms with Gasteiger partial charge in [-0.25, -0.2) is 0 Å². The lowest BCUT2D eigenvalue weighted by Gasteiger charge is -2.33. The summed E-state index contributed by atoms with van der Waals surface area (Å²) in [7, 11) is 0. The Hall–Kier alpha value is -2.56. The third-order valence-corrected chi connectivity index (χ3v) is 4.68. The topological polar surface area (TPSA) is 59.5 Å². The summed E-state index contributed by atoms with van der Waals surface area (Å²) in [6, 6.07) is 11.8. The first-order chi connectivity index (χ1) is 11.7. The lowest BCUT2D eigenvalue weighted by molar-refractivity contribution is -0.133. The maximum absolute atomic E-state index is 12.5. The van der Waals surface area contributed by atoms with Crippen molar-refractivity contribution in [2.75, 3.05) is 6.54 Å². The molecule has 1 amide bonds. The fraction of sp³-hybridized carbons (Fsp3) is 0.368. The molecule has 1 atom stereocenters. The Morgan fingerprint density at radius 2 is 2.12 bits per heavy atom. The molecule has 124 valence electrons. The molecule has 1 saturated heterocycles. The Morgan fingerprint density at radius 1 is 1.25 bits per heavy atom. The van der Waals surface area contributed by atoms with Crippen LogP contribution in [0.3, 0.4) is 0 Å². The third kappa shape index (κ3) is 2.82. The second-order valence-electron chi connectivity index (χ2n) is 6.44. The number of para-hydroxylation sites is 1. The van der Waals surface area contributed by atoms with E-state index < -0.39 is 0 Å². The molecule has 1 fully saturated rings. The van der Waals surface area contributed by atoms with Crippen molar-refractivity contribution in [1.82, 2.24) is 10.1 Å². The fourth-order valence-electron chi connectivity index (χ4n) is 3.34. The molecule has 1 aromatic carbocycles. The van der Waals surface area contributed by atoms with Gasteiger partial charge in [0, 0.05) is 24.0 Å². The van der Waals surface area contributed by atoms with Crippen LogP contribution in [-0.2, 0) is 11.2 Å². The lowest BCUT2D eigenvalue weighted by atomic mass is 10.0. The predicted octanol–water partition coefficient (Wildman–Crippen LogP) is 4.03. The van der Waals surface area contributed by atoms with Crippen molar-refractivity contribution in [3.05, 3.63) is 42.1 Å². The molecule has 0 bridgehead atoms. The molecule has 1 unspecified atom stereocenters. The number of benzene rings is 1. The Morgan fingerprint density at radius 3 is 2.96 bits per heavy atom. The molecule has 1 aliphatic rings. The highest BCUT2D eigenvalue weighted by molar-refractivity contribution is 5.82. The van der Waals surface area contributed by atoms with Crippen molar-refractivity contribution >= 4 is 16.9 Å². The van der Waals surface area contributed by atoms with Crippen molar-refractivity contribution in [1.29, 1.82) is 0 Å². The van der Waals surface area contributed by atoms with E-state index in [1.807, 2.05) is 35.2 Å². The smallest absolute Gasteiger partial charge is 0.228 e. The largest absolute Gasteiger partial charge is 0.453 e. The number of likely N-dealkylation sites (tertiary alicyclic amines) is 1. The molecular formula is C19H20N2O3. The normalized spacial score (nSPS) is 18.2. The first kappa shape index (κ1) is 15.0. The van der Waals surface area contributed by atoms with Crippen LogP contribution in [0.15, 0.2) is 45.3 Å². The number of carbonyl (C=O) groups is 1. The minimum Gasteiger partial charge on any atom is -0.453 e. The monoisotopic (exact) mass is 324 g/mol. The van der Waals surface area contributed by atoms with Gasteiger partial charge in [0.25, 0.3) is 0 Å². The first-order valence-corrected chi connectivity index (χ1v) is 8.45. The van der Waals surface area contributed by atoms with Gasteiger partial charge in [-0.1, -0.05) is 23.4 Å². The van der Waals surface area contributed by atoms with Crippen molar-refractivity contribution in [3.8, 4) is 11.5 Å². The third-order valence-electron chi connectivity index (χ3n) is 4.68. The van der Waals surface area contributed by atoms with E-state index in [9.17, 15) is 4.79 Å².